The number of amides is 2. The number of esters is 1. The van der Waals surface area contributed by atoms with Gasteiger partial charge < -0.3 is 9.64 Å². The van der Waals surface area contributed by atoms with Crippen LogP contribution in [0.25, 0.3) is 0 Å². The lowest BCUT2D eigenvalue weighted by molar-refractivity contribution is -0.142. The summed E-state index contributed by atoms with van der Waals surface area (Å²) in [6, 6.07) is 8.00. The van der Waals surface area contributed by atoms with Gasteiger partial charge in [-0.2, -0.15) is 0 Å². The van der Waals surface area contributed by atoms with E-state index in [9.17, 15) is 9.59 Å². The van der Waals surface area contributed by atoms with Crippen LogP contribution in [0, 0.1) is 0 Å². The summed E-state index contributed by atoms with van der Waals surface area (Å²) in [7, 11) is 0. The molecule has 2 aromatic rings. The molecule has 0 unspecified atom stereocenters. The van der Waals surface area contributed by atoms with Crippen molar-refractivity contribution < 1.29 is 14.3 Å². The van der Waals surface area contributed by atoms with Crippen molar-refractivity contribution in [3.8, 4) is 0 Å². The molecule has 7 heteroatoms. The highest BCUT2D eigenvalue weighted by Crippen LogP contribution is 2.21. The van der Waals surface area contributed by atoms with Crippen LogP contribution in [-0.4, -0.2) is 35.0 Å². The second kappa shape index (κ2) is 7.44. The van der Waals surface area contributed by atoms with E-state index in [0.717, 1.165) is 6.42 Å². The molecule has 1 aliphatic heterocycles. The fourth-order valence-electron chi connectivity index (χ4n) is 2.65. The van der Waals surface area contributed by atoms with Gasteiger partial charge in [0.2, 0.25) is 0 Å². The van der Waals surface area contributed by atoms with Crippen LogP contribution >= 0.6 is 11.3 Å². The molecule has 2 heterocycles. The number of nitrogens with one attached hydrogen (secondary N) is 1. The van der Waals surface area contributed by atoms with Gasteiger partial charge in [-0.05, 0) is 24.5 Å². The van der Waals surface area contributed by atoms with Crippen LogP contribution in [0.2, 0.25) is 0 Å². The Morgan fingerprint density at radius 1 is 1.33 bits per heavy atom. The van der Waals surface area contributed by atoms with E-state index in [1.165, 1.54) is 22.5 Å². The predicted octanol–water partition coefficient (Wildman–Crippen LogP) is 2.84. The van der Waals surface area contributed by atoms with Gasteiger partial charge in [0.1, 0.15) is 0 Å². The van der Waals surface area contributed by atoms with Crippen LogP contribution in [0.15, 0.2) is 29.6 Å². The molecule has 0 bridgehead atoms. The fourth-order valence-corrected chi connectivity index (χ4v) is 3.34. The van der Waals surface area contributed by atoms with Crippen LogP contribution in [0.1, 0.15) is 23.7 Å². The Morgan fingerprint density at radius 3 is 2.92 bits per heavy atom. The molecule has 0 fully saturated rings. The van der Waals surface area contributed by atoms with E-state index < -0.39 is 0 Å². The Bertz CT molecular complexity index is 744. The highest BCUT2D eigenvalue weighted by molar-refractivity contribution is 7.13. The smallest absolute Gasteiger partial charge is 0.323 e. The Balaban J connectivity index is 1.58. The largest absolute Gasteiger partial charge is 0.466 e. The molecule has 1 aromatic heterocycles. The molecule has 0 saturated carbocycles. The van der Waals surface area contributed by atoms with Gasteiger partial charge in [-0.3, -0.25) is 10.1 Å². The number of ether oxygens (including phenoxy) is 1. The quantitative estimate of drug-likeness (QED) is 0.865. The van der Waals surface area contributed by atoms with E-state index in [4.69, 9.17) is 4.74 Å². The Morgan fingerprint density at radius 2 is 2.12 bits per heavy atom. The zero-order valence-electron chi connectivity index (χ0n) is 13.4. The normalized spacial score (nSPS) is 13.3. The SMILES string of the molecule is CCOC(=O)Cc1csc(NC(=O)N2CCc3ccccc3C2)n1. The molecular weight excluding hydrogens is 326 g/mol. The summed E-state index contributed by atoms with van der Waals surface area (Å²) in [4.78, 5) is 29.9. The average Bonchev–Trinajstić information content (AvgIpc) is 3.01. The van der Waals surface area contributed by atoms with Crippen LogP contribution in [0.4, 0.5) is 9.93 Å². The Labute approximate surface area is 144 Å². The number of carbonyl (C=O) groups excluding carboxylic acids is 2. The summed E-state index contributed by atoms with van der Waals surface area (Å²) in [5.41, 5.74) is 3.09. The van der Waals surface area contributed by atoms with Gasteiger partial charge in [-0.25, -0.2) is 9.78 Å². The highest BCUT2D eigenvalue weighted by Gasteiger charge is 2.21. The lowest BCUT2D eigenvalue weighted by Crippen LogP contribution is -2.38. The van der Waals surface area contributed by atoms with E-state index >= 15 is 0 Å². The third kappa shape index (κ3) is 3.91. The molecule has 0 radical (unpaired) electrons. The van der Waals surface area contributed by atoms with Crippen molar-refractivity contribution >= 4 is 28.5 Å². The van der Waals surface area contributed by atoms with E-state index in [-0.39, 0.29) is 18.4 Å². The van der Waals surface area contributed by atoms with Gasteiger partial charge in [0.15, 0.2) is 5.13 Å². The minimum atomic E-state index is -0.312. The zero-order chi connectivity index (χ0) is 16.9. The van der Waals surface area contributed by atoms with Gasteiger partial charge in [-0.15, -0.1) is 11.3 Å². The number of benzene rings is 1. The second-order valence-corrected chi connectivity index (χ2v) is 6.35. The van der Waals surface area contributed by atoms with E-state index in [1.54, 1.807) is 17.2 Å². The number of thiazole rings is 1. The summed E-state index contributed by atoms with van der Waals surface area (Å²) < 4.78 is 4.89. The number of anilines is 1. The number of rotatable bonds is 4. The van der Waals surface area contributed by atoms with Gasteiger partial charge in [0, 0.05) is 18.5 Å². The first-order valence-electron chi connectivity index (χ1n) is 7.88. The van der Waals surface area contributed by atoms with Gasteiger partial charge in [-0.1, -0.05) is 24.3 Å². The molecule has 1 aromatic carbocycles. The summed E-state index contributed by atoms with van der Waals surface area (Å²) in [6.45, 7) is 3.40. The first-order chi connectivity index (χ1) is 11.7. The van der Waals surface area contributed by atoms with Crippen molar-refractivity contribution in [2.24, 2.45) is 0 Å². The third-order valence-electron chi connectivity index (χ3n) is 3.81. The number of hydrogen-bond donors (Lipinski definition) is 1. The molecule has 24 heavy (non-hydrogen) atoms. The van der Waals surface area contributed by atoms with Crippen molar-refractivity contribution in [3.05, 3.63) is 46.5 Å². The number of nitrogens with zero attached hydrogens (tertiary/aromatic N) is 2. The van der Waals surface area contributed by atoms with Gasteiger partial charge >= 0.3 is 12.0 Å². The molecule has 0 atom stereocenters. The molecule has 126 valence electrons. The van der Waals surface area contributed by atoms with Crippen LogP contribution < -0.4 is 5.32 Å². The maximum Gasteiger partial charge on any atom is 0.323 e. The van der Waals surface area contributed by atoms with Crippen molar-refractivity contribution in [3.63, 3.8) is 0 Å². The third-order valence-corrected chi connectivity index (χ3v) is 4.62. The van der Waals surface area contributed by atoms with E-state index in [2.05, 4.69) is 22.4 Å². The zero-order valence-corrected chi connectivity index (χ0v) is 14.3. The lowest BCUT2D eigenvalue weighted by Gasteiger charge is -2.28. The van der Waals surface area contributed by atoms with Crippen molar-refractivity contribution in [2.45, 2.75) is 26.3 Å². The maximum absolute atomic E-state index is 12.4. The minimum absolute atomic E-state index is 0.122. The summed E-state index contributed by atoms with van der Waals surface area (Å²) in [5, 5.41) is 5.07. The van der Waals surface area contributed by atoms with E-state index in [0.29, 0.717) is 30.5 Å². The number of aromatic nitrogens is 1. The average molecular weight is 345 g/mol. The maximum atomic E-state index is 12.4. The molecule has 2 amide bonds. The topological polar surface area (TPSA) is 71.5 Å². The van der Waals surface area contributed by atoms with Crippen LogP contribution in [0.5, 0.6) is 0 Å². The predicted molar refractivity (Wildman–Crippen MR) is 92.0 cm³/mol. The van der Waals surface area contributed by atoms with Crippen LogP contribution in [0.3, 0.4) is 0 Å². The summed E-state index contributed by atoms with van der Waals surface area (Å²) in [6.07, 6.45) is 0.979. The highest BCUT2D eigenvalue weighted by atomic mass is 32.1. The van der Waals surface area contributed by atoms with E-state index in [1.807, 2.05) is 12.1 Å². The standard InChI is InChI=1S/C17H19N3O3S/c1-2-23-15(21)9-14-11-24-16(18-14)19-17(22)20-8-7-12-5-3-4-6-13(12)10-20/h3-6,11H,2,7-10H2,1H3,(H,18,19,22). The number of hydrogen-bond acceptors (Lipinski definition) is 5. The molecule has 0 aliphatic carbocycles. The number of carbonyl (C=O) groups is 2. The molecule has 0 spiro atoms. The van der Waals surface area contributed by atoms with Crippen molar-refractivity contribution in [1.82, 2.24) is 9.88 Å². The molecular formula is C17H19N3O3S. The van der Waals surface area contributed by atoms with Crippen LogP contribution in [-0.2, 0) is 28.9 Å². The summed E-state index contributed by atoms with van der Waals surface area (Å²) in [5.74, 6) is -0.312. The molecule has 6 nitrogen and oxygen atoms in total. The number of urea groups is 1. The number of fused-ring (bicyclic) bond motifs is 1. The summed E-state index contributed by atoms with van der Waals surface area (Å²) >= 11 is 1.31. The molecule has 0 saturated heterocycles. The molecule has 1 N–H and O–H groups in total. The fraction of sp³-hybridized carbons (Fsp3) is 0.353. The monoisotopic (exact) mass is 345 g/mol. The lowest BCUT2D eigenvalue weighted by atomic mass is 10.0. The van der Waals surface area contributed by atoms with Crippen molar-refractivity contribution in [1.29, 1.82) is 0 Å². The van der Waals surface area contributed by atoms with Crippen molar-refractivity contribution in [2.75, 3.05) is 18.5 Å². The molecule has 3 rings (SSSR count). The minimum Gasteiger partial charge on any atom is -0.466 e. The van der Waals surface area contributed by atoms with Gasteiger partial charge in [0.25, 0.3) is 0 Å². The Hall–Kier alpha value is -2.41. The molecule has 1 aliphatic rings. The van der Waals surface area contributed by atoms with Gasteiger partial charge in [0.05, 0.1) is 18.7 Å². The Kier molecular flexibility index (Phi) is 5.10. The second-order valence-electron chi connectivity index (χ2n) is 5.50. The first-order valence-corrected chi connectivity index (χ1v) is 8.76. The first kappa shape index (κ1) is 16.4.